The Morgan fingerprint density at radius 1 is 1.16 bits per heavy atom. The molecule has 98 valence electrons. The van der Waals surface area contributed by atoms with Crippen LogP contribution in [0.5, 0.6) is 0 Å². The summed E-state index contributed by atoms with van der Waals surface area (Å²) in [6.45, 7) is 0.218. The van der Waals surface area contributed by atoms with E-state index < -0.39 is 17.5 Å². The second kappa shape index (κ2) is 5.80. The van der Waals surface area contributed by atoms with Gasteiger partial charge in [-0.2, -0.15) is 0 Å². The number of carbonyl (C=O) groups is 1. The van der Waals surface area contributed by atoms with Crippen LogP contribution in [0.4, 0.5) is 8.78 Å². The third-order valence-electron chi connectivity index (χ3n) is 2.52. The van der Waals surface area contributed by atoms with Gasteiger partial charge < -0.3 is 5.32 Å². The van der Waals surface area contributed by atoms with Crippen LogP contribution in [-0.2, 0) is 6.54 Å². The van der Waals surface area contributed by atoms with Gasteiger partial charge in [-0.15, -0.1) is 0 Å². The number of hydrogen-bond donors (Lipinski definition) is 1. The van der Waals surface area contributed by atoms with E-state index in [4.69, 9.17) is 11.6 Å². The van der Waals surface area contributed by atoms with Gasteiger partial charge in [0.1, 0.15) is 11.6 Å². The van der Waals surface area contributed by atoms with Crippen LogP contribution in [0.25, 0.3) is 0 Å². The average Bonchev–Trinajstić information content (AvgIpc) is 2.36. The largest absolute Gasteiger partial charge is 0.348 e. The number of hydrogen-bond acceptors (Lipinski definition) is 1. The zero-order valence-electron chi connectivity index (χ0n) is 9.79. The first-order chi connectivity index (χ1) is 9.06. The lowest BCUT2D eigenvalue weighted by molar-refractivity contribution is 0.0947. The van der Waals surface area contributed by atoms with E-state index in [2.05, 4.69) is 5.32 Å². The molecular formula is C14H10ClF2NO. The highest BCUT2D eigenvalue weighted by molar-refractivity contribution is 6.30. The molecule has 0 fully saturated rings. The van der Waals surface area contributed by atoms with Gasteiger partial charge in [0.15, 0.2) is 0 Å². The van der Waals surface area contributed by atoms with E-state index in [-0.39, 0.29) is 12.1 Å². The van der Waals surface area contributed by atoms with Gasteiger partial charge in [0.2, 0.25) is 0 Å². The summed E-state index contributed by atoms with van der Waals surface area (Å²) < 4.78 is 26.1. The Balaban J connectivity index is 2.05. The van der Waals surface area contributed by atoms with E-state index in [1.165, 1.54) is 0 Å². The highest BCUT2D eigenvalue weighted by Crippen LogP contribution is 2.12. The van der Waals surface area contributed by atoms with Crippen LogP contribution in [0.3, 0.4) is 0 Å². The highest BCUT2D eigenvalue weighted by Gasteiger charge is 2.11. The normalized spacial score (nSPS) is 10.3. The molecule has 0 radical (unpaired) electrons. The van der Waals surface area contributed by atoms with Crippen molar-refractivity contribution in [3.63, 3.8) is 0 Å². The van der Waals surface area contributed by atoms with Crippen LogP contribution in [-0.4, -0.2) is 5.91 Å². The Bertz CT molecular complexity index is 616. The van der Waals surface area contributed by atoms with Crippen LogP contribution in [0.15, 0.2) is 42.5 Å². The molecule has 0 aliphatic heterocycles. The summed E-state index contributed by atoms with van der Waals surface area (Å²) >= 11 is 5.81. The third-order valence-corrected chi connectivity index (χ3v) is 2.75. The average molecular weight is 282 g/mol. The molecule has 0 atom stereocenters. The molecule has 0 unspecified atom stereocenters. The lowest BCUT2D eigenvalue weighted by Gasteiger charge is -2.06. The van der Waals surface area contributed by atoms with Gasteiger partial charge in [0.25, 0.3) is 5.91 Å². The number of carbonyl (C=O) groups excluding carboxylic acids is 1. The first-order valence-corrected chi connectivity index (χ1v) is 5.92. The van der Waals surface area contributed by atoms with Crippen LogP contribution in [0.2, 0.25) is 5.02 Å². The first-order valence-electron chi connectivity index (χ1n) is 5.54. The van der Waals surface area contributed by atoms with Crippen molar-refractivity contribution in [2.24, 2.45) is 0 Å². The molecule has 1 N–H and O–H groups in total. The maximum atomic E-state index is 13.4. The Kier molecular flexibility index (Phi) is 4.12. The van der Waals surface area contributed by atoms with Crippen molar-refractivity contribution in [3.05, 3.63) is 70.2 Å². The molecule has 2 rings (SSSR count). The maximum absolute atomic E-state index is 13.4. The van der Waals surface area contributed by atoms with E-state index >= 15 is 0 Å². The predicted molar refractivity (Wildman–Crippen MR) is 69.0 cm³/mol. The van der Waals surface area contributed by atoms with E-state index in [0.717, 1.165) is 17.7 Å². The Morgan fingerprint density at radius 2 is 1.95 bits per heavy atom. The monoisotopic (exact) mass is 281 g/mol. The van der Waals surface area contributed by atoms with Gasteiger partial charge in [-0.25, -0.2) is 8.78 Å². The van der Waals surface area contributed by atoms with Gasteiger partial charge in [-0.3, -0.25) is 4.79 Å². The minimum absolute atomic E-state index is 0.191. The molecule has 0 bridgehead atoms. The quantitative estimate of drug-likeness (QED) is 0.916. The maximum Gasteiger partial charge on any atom is 0.254 e. The summed E-state index contributed by atoms with van der Waals surface area (Å²) in [6, 6.07) is 9.77. The lowest BCUT2D eigenvalue weighted by Crippen LogP contribution is -2.23. The zero-order valence-corrected chi connectivity index (χ0v) is 10.5. The lowest BCUT2D eigenvalue weighted by atomic mass is 10.2. The van der Waals surface area contributed by atoms with Crippen molar-refractivity contribution in [1.82, 2.24) is 5.32 Å². The summed E-state index contributed by atoms with van der Waals surface area (Å²) in [5.41, 5.74) is 0.604. The molecule has 0 aliphatic carbocycles. The standard InChI is InChI=1S/C14H10ClF2NO/c15-10-3-1-2-9(6-10)8-18-14(19)12-5-4-11(16)7-13(12)17/h1-7H,8H2,(H,18,19). The summed E-state index contributed by atoms with van der Waals surface area (Å²) in [4.78, 5) is 11.7. The smallest absolute Gasteiger partial charge is 0.254 e. The Morgan fingerprint density at radius 3 is 2.63 bits per heavy atom. The number of nitrogens with one attached hydrogen (secondary N) is 1. The van der Waals surface area contributed by atoms with Crippen molar-refractivity contribution in [1.29, 1.82) is 0 Å². The molecule has 2 aromatic carbocycles. The van der Waals surface area contributed by atoms with Crippen LogP contribution < -0.4 is 5.32 Å². The summed E-state index contributed by atoms with van der Waals surface area (Å²) in [5, 5.41) is 3.10. The molecule has 1 amide bonds. The van der Waals surface area contributed by atoms with Crippen molar-refractivity contribution in [2.45, 2.75) is 6.54 Å². The molecule has 0 aliphatic rings. The minimum Gasteiger partial charge on any atom is -0.348 e. The van der Waals surface area contributed by atoms with Crippen LogP contribution in [0, 0.1) is 11.6 Å². The first kappa shape index (κ1) is 13.5. The van der Waals surface area contributed by atoms with Crippen molar-refractivity contribution in [3.8, 4) is 0 Å². The molecule has 2 aromatic rings. The number of amides is 1. The molecule has 2 nitrogen and oxygen atoms in total. The van der Waals surface area contributed by atoms with E-state index in [0.29, 0.717) is 11.1 Å². The van der Waals surface area contributed by atoms with Gasteiger partial charge in [-0.1, -0.05) is 23.7 Å². The van der Waals surface area contributed by atoms with Gasteiger partial charge in [-0.05, 0) is 29.8 Å². The topological polar surface area (TPSA) is 29.1 Å². The molecule has 0 saturated carbocycles. The summed E-state index contributed by atoms with van der Waals surface area (Å²) in [5.74, 6) is -2.20. The molecule has 0 heterocycles. The summed E-state index contributed by atoms with van der Waals surface area (Å²) in [6.07, 6.45) is 0. The fraction of sp³-hybridized carbons (Fsp3) is 0.0714. The second-order valence-electron chi connectivity index (χ2n) is 3.94. The summed E-state index contributed by atoms with van der Waals surface area (Å²) in [7, 11) is 0. The zero-order chi connectivity index (χ0) is 13.8. The minimum atomic E-state index is -0.886. The molecule has 0 aromatic heterocycles. The van der Waals surface area contributed by atoms with Crippen molar-refractivity contribution >= 4 is 17.5 Å². The van der Waals surface area contributed by atoms with Gasteiger partial charge in [0.05, 0.1) is 5.56 Å². The van der Waals surface area contributed by atoms with Gasteiger partial charge >= 0.3 is 0 Å². The van der Waals surface area contributed by atoms with E-state index in [1.807, 2.05) is 0 Å². The third kappa shape index (κ3) is 3.51. The van der Waals surface area contributed by atoms with Gasteiger partial charge in [0, 0.05) is 17.6 Å². The second-order valence-corrected chi connectivity index (χ2v) is 4.37. The Labute approximate surface area is 114 Å². The molecular weight excluding hydrogens is 272 g/mol. The molecule has 5 heteroatoms. The van der Waals surface area contributed by atoms with Crippen molar-refractivity contribution < 1.29 is 13.6 Å². The molecule has 0 spiro atoms. The fourth-order valence-electron chi connectivity index (χ4n) is 1.60. The number of rotatable bonds is 3. The predicted octanol–water partition coefficient (Wildman–Crippen LogP) is 3.55. The van der Waals surface area contributed by atoms with Crippen LogP contribution >= 0.6 is 11.6 Å². The Hall–Kier alpha value is -1.94. The fourth-order valence-corrected chi connectivity index (χ4v) is 1.81. The van der Waals surface area contributed by atoms with E-state index in [1.54, 1.807) is 24.3 Å². The van der Waals surface area contributed by atoms with Crippen molar-refractivity contribution in [2.75, 3.05) is 0 Å². The molecule has 0 saturated heterocycles. The van der Waals surface area contributed by atoms with Crippen LogP contribution in [0.1, 0.15) is 15.9 Å². The SMILES string of the molecule is O=C(NCc1cccc(Cl)c1)c1ccc(F)cc1F. The molecule has 19 heavy (non-hydrogen) atoms. The number of benzene rings is 2. The number of halogens is 3. The highest BCUT2D eigenvalue weighted by atomic mass is 35.5. The van der Waals surface area contributed by atoms with E-state index in [9.17, 15) is 13.6 Å².